The number of hydrogen-bond donors (Lipinski definition) is 0. The zero-order valence-corrected chi connectivity index (χ0v) is 11.1. The van der Waals surface area contributed by atoms with Crippen LogP contribution in [0.5, 0.6) is 0 Å². The van der Waals surface area contributed by atoms with Crippen molar-refractivity contribution in [1.29, 1.82) is 0 Å². The highest BCUT2D eigenvalue weighted by Gasteiger charge is 2.06. The normalized spacial score (nSPS) is 12.4. The Bertz CT molecular complexity index is 299. The fraction of sp³-hybridized carbons (Fsp3) is 0.500. The lowest BCUT2D eigenvalue weighted by atomic mass is 10.8. The van der Waals surface area contributed by atoms with Crippen molar-refractivity contribution in [2.75, 3.05) is 18.8 Å². The quantitative estimate of drug-likeness (QED) is 0.466. The van der Waals surface area contributed by atoms with Crippen molar-refractivity contribution in [2.45, 2.75) is 9.10 Å². The molecule has 0 saturated heterocycles. The zero-order chi connectivity index (χ0) is 8.97. The van der Waals surface area contributed by atoms with Crippen molar-refractivity contribution < 1.29 is 0 Å². The lowest BCUT2D eigenvalue weighted by molar-refractivity contribution is 1.31. The minimum absolute atomic E-state index is 1.17. The first-order chi connectivity index (χ1) is 5.83. The van der Waals surface area contributed by atoms with Crippen molar-refractivity contribution in [3.05, 3.63) is 4.67 Å². The van der Waals surface area contributed by atoms with Crippen LogP contribution in [0.4, 0.5) is 0 Å². The van der Waals surface area contributed by atoms with E-state index in [1.165, 1.54) is 25.7 Å². The van der Waals surface area contributed by atoms with Gasteiger partial charge in [0, 0.05) is 6.26 Å². The van der Waals surface area contributed by atoms with Gasteiger partial charge in [-0.25, -0.2) is 4.40 Å². The molecule has 1 rings (SSSR count). The predicted molar refractivity (Wildman–Crippen MR) is 64.8 cm³/mol. The Morgan fingerprint density at radius 1 is 1.08 bits per heavy atom. The van der Waals surface area contributed by atoms with E-state index in [2.05, 4.69) is 16.9 Å². The van der Waals surface area contributed by atoms with E-state index in [4.69, 9.17) is 0 Å². The summed E-state index contributed by atoms with van der Waals surface area (Å²) < 4.78 is 6.92. The minimum atomic E-state index is 1.17. The maximum absolute atomic E-state index is 4.36. The van der Waals surface area contributed by atoms with Gasteiger partial charge >= 0.3 is 0 Å². The van der Waals surface area contributed by atoms with Gasteiger partial charge in [0.1, 0.15) is 4.67 Å². The molecule has 0 radical (unpaired) electrons. The fourth-order valence-corrected chi connectivity index (χ4v) is 6.64. The summed E-state index contributed by atoms with van der Waals surface area (Å²) in [5, 5.41) is 0. The summed E-state index contributed by atoms with van der Waals surface area (Å²) in [6, 6.07) is 0. The molecule has 0 spiro atoms. The third-order valence-corrected chi connectivity index (χ3v) is 6.57. The van der Waals surface area contributed by atoms with E-state index in [9.17, 15) is 0 Å². The molecular formula is C6H9NS5. The van der Waals surface area contributed by atoms with E-state index >= 15 is 0 Å². The van der Waals surface area contributed by atoms with Crippen LogP contribution in [-0.4, -0.2) is 18.8 Å². The predicted octanol–water partition coefficient (Wildman–Crippen LogP) is 3.43. The van der Waals surface area contributed by atoms with Crippen LogP contribution in [0.15, 0.2) is 13.5 Å². The maximum Gasteiger partial charge on any atom is 0.149 e. The molecule has 6 heteroatoms. The molecule has 0 saturated carbocycles. The summed E-state index contributed by atoms with van der Waals surface area (Å²) in [6.07, 6.45) is 6.21. The van der Waals surface area contributed by atoms with Crippen LogP contribution in [-0.2, 0) is 0 Å². The SMILES string of the molecule is CS/N=c1\ssc(SC)c1SC. The van der Waals surface area contributed by atoms with Gasteiger partial charge < -0.3 is 0 Å². The second-order valence-corrected chi connectivity index (χ2v) is 6.34. The van der Waals surface area contributed by atoms with Gasteiger partial charge in [-0.3, -0.25) is 0 Å². The average molecular weight is 255 g/mol. The Hall–Kier alpha value is 0.900. The third kappa shape index (κ3) is 2.45. The second-order valence-electron chi connectivity index (χ2n) is 1.77. The smallest absolute Gasteiger partial charge is 0.149 e. The summed E-state index contributed by atoms with van der Waals surface area (Å²) in [5.74, 6) is 0. The van der Waals surface area contributed by atoms with E-state index < -0.39 is 0 Å². The monoisotopic (exact) mass is 255 g/mol. The molecule has 1 aromatic rings. The van der Waals surface area contributed by atoms with Gasteiger partial charge in [-0.05, 0) is 24.5 Å². The summed E-state index contributed by atoms with van der Waals surface area (Å²) in [4.78, 5) is 1.34. The first-order valence-corrected chi connectivity index (χ1v) is 8.90. The van der Waals surface area contributed by atoms with E-state index in [1.54, 1.807) is 33.9 Å². The molecule has 0 amide bonds. The van der Waals surface area contributed by atoms with Crippen LogP contribution >= 0.6 is 56.2 Å². The number of rotatable bonds is 3. The summed E-state index contributed by atoms with van der Waals surface area (Å²) in [6.45, 7) is 0. The lowest BCUT2D eigenvalue weighted by Gasteiger charge is -1.92. The number of hydrogen-bond acceptors (Lipinski definition) is 6. The van der Waals surface area contributed by atoms with Crippen LogP contribution in [0.3, 0.4) is 0 Å². The van der Waals surface area contributed by atoms with Gasteiger partial charge in [-0.1, -0.05) is 20.7 Å². The highest BCUT2D eigenvalue weighted by Crippen LogP contribution is 2.32. The largest absolute Gasteiger partial charge is 0.204 e. The summed E-state index contributed by atoms with van der Waals surface area (Å²) >= 11 is 5.12. The van der Waals surface area contributed by atoms with Gasteiger partial charge in [0.05, 0.1) is 9.10 Å². The van der Waals surface area contributed by atoms with E-state index in [0.717, 1.165) is 0 Å². The molecule has 0 bridgehead atoms. The molecule has 0 N–H and O–H groups in total. The highest BCUT2D eigenvalue weighted by molar-refractivity contribution is 8.04. The molecule has 0 unspecified atom stereocenters. The Kier molecular flexibility index (Phi) is 5.12. The molecule has 0 aromatic carbocycles. The topological polar surface area (TPSA) is 12.4 Å². The molecular weight excluding hydrogens is 246 g/mol. The van der Waals surface area contributed by atoms with Crippen molar-refractivity contribution in [2.24, 2.45) is 4.40 Å². The molecule has 0 aliphatic heterocycles. The summed E-state index contributed by atoms with van der Waals surface area (Å²) in [5.41, 5.74) is 0. The molecule has 1 nitrogen and oxygen atoms in total. The van der Waals surface area contributed by atoms with Crippen molar-refractivity contribution in [1.82, 2.24) is 0 Å². The number of nitrogens with zero attached hydrogens (tertiary/aromatic N) is 1. The summed E-state index contributed by atoms with van der Waals surface area (Å²) in [7, 11) is 3.58. The van der Waals surface area contributed by atoms with Gasteiger partial charge in [0.25, 0.3) is 0 Å². The van der Waals surface area contributed by atoms with Crippen LogP contribution in [0.1, 0.15) is 0 Å². The van der Waals surface area contributed by atoms with Gasteiger partial charge in [0.15, 0.2) is 0 Å². The number of thioether (sulfide) groups is 2. The molecule has 12 heavy (non-hydrogen) atoms. The third-order valence-electron chi connectivity index (χ3n) is 1.14. The minimum Gasteiger partial charge on any atom is -0.204 e. The van der Waals surface area contributed by atoms with Crippen LogP contribution in [0.2, 0.25) is 0 Å². The Labute approximate surface area is 92.6 Å². The fourth-order valence-electron chi connectivity index (χ4n) is 0.677. The molecule has 68 valence electrons. The van der Waals surface area contributed by atoms with Crippen LogP contribution in [0, 0.1) is 0 Å². The first-order valence-electron chi connectivity index (χ1n) is 3.11. The van der Waals surface area contributed by atoms with Crippen LogP contribution < -0.4 is 4.67 Å². The van der Waals surface area contributed by atoms with Crippen molar-refractivity contribution in [3.8, 4) is 0 Å². The Morgan fingerprint density at radius 3 is 2.33 bits per heavy atom. The Balaban J connectivity index is 3.13. The van der Waals surface area contributed by atoms with E-state index in [-0.39, 0.29) is 0 Å². The standard InChI is InChI=1S/C6H9NS5/c1-8-4-5(7-10-3)11-12-6(4)9-2/h1-3H3/b7-5-. The van der Waals surface area contributed by atoms with E-state index in [0.29, 0.717) is 0 Å². The molecule has 1 aromatic heterocycles. The Morgan fingerprint density at radius 2 is 1.83 bits per heavy atom. The molecule has 1 heterocycles. The first kappa shape index (κ1) is 11.0. The molecule has 0 atom stereocenters. The van der Waals surface area contributed by atoms with Crippen molar-refractivity contribution in [3.63, 3.8) is 0 Å². The average Bonchev–Trinajstić information content (AvgIpc) is 2.47. The zero-order valence-electron chi connectivity index (χ0n) is 6.99. The molecule has 0 aliphatic rings. The van der Waals surface area contributed by atoms with Crippen LogP contribution in [0.25, 0.3) is 0 Å². The van der Waals surface area contributed by atoms with E-state index in [1.807, 2.05) is 16.6 Å². The van der Waals surface area contributed by atoms with Crippen molar-refractivity contribution >= 4 is 56.2 Å². The second kappa shape index (κ2) is 5.59. The molecule has 0 fully saturated rings. The highest BCUT2D eigenvalue weighted by atomic mass is 32.9. The maximum atomic E-state index is 4.36. The lowest BCUT2D eigenvalue weighted by Crippen LogP contribution is -1.93. The molecule has 0 aliphatic carbocycles. The van der Waals surface area contributed by atoms with Gasteiger partial charge in [0.2, 0.25) is 0 Å². The van der Waals surface area contributed by atoms with Gasteiger partial charge in [-0.2, -0.15) is 0 Å². The van der Waals surface area contributed by atoms with Gasteiger partial charge in [-0.15, -0.1) is 23.5 Å².